The number of aliphatic hydroxyl groups excluding tert-OH is 1. The first kappa shape index (κ1) is 22.7. The Labute approximate surface area is 189 Å². The molecule has 0 bridgehead atoms. The van der Waals surface area contributed by atoms with Gasteiger partial charge in [0, 0.05) is 45.3 Å². The van der Waals surface area contributed by atoms with Gasteiger partial charge in [-0.3, -0.25) is 9.80 Å². The number of benzene rings is 2. The Bertz CT molecular complexity index is 856. The van der Waals surface area contributed by atoms with Crippen LogP contribution in [0.4, 0.5) is 0 Å². The average Bonchev–Trinajstić information content (AvgIpc) is 3.28. The van der Waals surface area contributed by atoms with Crippen LogP contribution in [0.25, 0.3) is 0 Å². The summed E-state index contributed by atoms with van der Waals surface area (Å²) in [5.41, 5.74) is 1.23. The minimum atomic E-state index is -0.507. The third-order valence-corrected chi connectivity index (χ3v) is 5.62. The van der Waals surface area contributed by atoms with Crippen molar-refractivity contribution >= 4 is 0 Å². The van der Waals surface area contributed by atoms with E-state index >= 15 is 0 Å². The highest BCUT2D eigenvalue weighted by Gasteiger charge is 2.20. The maximum atomic E-state index is 10.3. The first-order valence-corrected chi connectivity index (χ1v) is 11.1. The third kappa shape index (κ3) is 6.49. The van der Waals surface area contributed by atoms with Crippen molar-refractivity contribution in [2.45, 2.75) is 12.6 Å². The number of β-amino-alcohol motifs (C(OH)–C–C–N with tert-alkyl or cyclic N) is 1. The van der Waals surface area contributed by atoms with Crippen LogP contribution in [0.15, 0.2) is 42.5 Å². The topological polar surface area (TPSA) is 72.9 Å². The summed E-state index contributed by atoms with van der Waals surface area (Å²) in [4.78, 5) is 4.71. The molecule has 32 heavy (non-hydrogen) atoms. The lowest BCUT2D eigenvalue weighted by atomic mass is 10.1. The van der Waals surface area contributed by atoms with E-state index in [1.54, 1.807) is 7.11 Å². The van der Waals surface area contributed by atoms with Gasteiger partial charge in [-0.1, -0.05) is 12.1 Å². The highest BCUT2D eigenvalue weighted by atomic mass is 16.7. The number of hydrogen-bond acceptors (Lipinski definition) is 8. The van der Waals surface area contributed by atoms with Gasteiger partial charge in [0.05, 0.1) is 26.4 Å². The number of methoxy groups -OCH3 is 1. The van der Waals surface area contributed by atoms with Crippen LogP contribution in [-0.2, 0) is 11.3 Å². The van der Waals surface area contributed by atoms with Gasteiger partial charge in [-0.2, -0.15) is 0 Å². The minimum Gasteiger partial charge on any atom is -0.497 e. The van der Waals surface area contributed by atoms with Crippen LogP contribution in [0.1, 0.15) is 5.56 Å². The van der Waals surface area contributed by atoms with E-state index in [9.17, 15) is 5.11 Å². The van der Waals surface area contributed by atoms with Crippen molar-refractivity contribution < 1.29 is 28.8 Å². The molecule has 0 aromatic heterocycles. The Morgan fingerprint density at radius 2 is 1.72 bits per heavy atom. The van der Waals surface area contributed by atoms with Crippen LogP contribution in [-0.4, -0.2) is 87.5 Å². The quantitative estimate of drug-likeness (QED) is 0.528. The molecule has 0 spiro atoms. The monoisotopic (exact) mass is 444 g/mol. The number of rotatable bonds is 11. The molecule has 1 atom stereocenters. The summed E-state index contributed by atoms with van der Waals surface area (Å²) in [5, 5.41) is 10.3. The van der Waals surface area contributed by atoms with E-state index in [1.165, 1.54) is 5.56 Å². The summed E-state index contributed by atoms with van der Waals surface area (Å²) in [5.74, 6) is 3.15. The molecular weight excluding hydrogens is 412 g/mol. The predicted molar refractivity (Wildman–Crippen MR) is 120 cm³/mol. The van der Waals surface area contributed by atoms with E-state index in [-0.39, 0.29) is 0 Å². The van der Waals surface area contributed by atoms with Crippen molar-refractivity contribution in [1.29, 1.82) is 0 Å². The maximum absolute atomic E-state index is 10.3. The second-order valence-corrected chi connectivity index (χ2v) is 8.02. The van der Waals surface area contributed by atoms with E-state index in [1.807, 2.05) is 30.3 Å². The SMILES string of the molecule is COc1cccc(OCCOC[C@H](O)CN2CCN(Cc3ccc4c(c3)OCO4)CC2)c1. The molecule has 1 saturated heterocycles. The first-order chi connectivity index (χ1) is 15.7. The van der Waals surface area contributed by atoms with Crippen LogP contribution < -0.4 is 18.9 Å². The van der Waals surface area contributed by atoms with Gasteiger partial charge in [0.1, 0.15) is 18.1 Å². The molecule has 1 fully saturated rings. The molecule has 2 aromatic carbocycles. The van der Waals surface area contributed by atoms with Crippen molar-refractivity contribution in [3.05, 3.63) is 48.0 Å². The highest BCUT2D eigenvalue weighted by molar-refractivity contribution is 5.44. The van der Waals surface area contributed by atoms with Gasteiger partial charge in [-0.05, 0) is 29.8 Å². The van der Waals surface area contributed by atoms with Gasteiger partial charge in [0.25, 0.3) is 0 Å². The van der Waals surface area contributed by atoms with E-state index in [0.717, 1.165) is 55.7 Å². The summed E-state index contributed by atoms with van der Waals surface area (Å²) < 4.78 is 27.3. The molecule has 0 saturated carbocycles. The molecule has 0 radical (unpaired) electrons. The normalized spacial score (nSPS) is 17.3. The first-order valence-electron chi connectivity index (χ1n) is 11.1. The summed E-state index contributed by atoms with van der Waals surface area (Å²) in [6, 6.07) is 13.6. The molecular formula is C24H32N2O6. The molecule has 0 amide bonds. The van der Waals surface area contributed by atoms with E-state index in [0.29, 0.717) is 33.2 Å². The maximum Gasteiger partial charge on any atom is 0.231 e. The summed E-state index contributed by atoms with van der Waals surface area (Å²) >= 11 is 0. The molecule has 0 aliphatic carbocycles. The third-order valence-electron chi connectivity index (χ3n) is 5.62. The minimum absolute atomic E-state index is 0.304. The van der Waals surface area contributed by atoms with E-state index in [4.69, 9.17) is 23.7 Å². The van der Waals surface area contributed by atoms with Crippen molar-refractivity contribution in [1.82, 2.24) is 9.80 Å². The van der Waals surface area contributed by atoms with Crippen LogP contribution in [0.2, 0.25) is 0 Å². The lowest BCUT2D eigenvalue weighted by Gasteiger charge is -2.35. The fraction of sp³-hybridized carbons (Fsp3) is 0.500. The zero-order valence-electron chi connectivity index (χ0n) is 18.6. The number of ether oxygens (including phenoxy) is 5. The predicted octanol–water partition coefficient (Wildman–Crippen LogP) is 2.00. The highest BCUT2D eigenvalue weighted by Crippen LogP contribution is 2.32. The molecule has 8 nitrogen and oxygen atoms in total. The van der Waals surface area contributed by atoms with Crippen LogP contribution in [0.5, 0.6) is 23.0 Å². The van der Waals surface area contributed by atoms with Gasteiger partial charge in [0.15, 0.2) is 11.5 Å². The summed E-state index contributed by atoms with van der Waals surface area (Å²) in [6.45, 7) is 6.78. The molecule has 1 N–H and O–H groups in total. The summed E-state index contributed by atoms with van der Waals surface area (Å²) in [7, 11) is 1.63. The second-order valence-electron chi connectivity index (χ2n) is 8.02. The lowest BCUT2D eigenvalue weighted by molar-refractivity contribution is -0.000448. The van der Waals surface area contributed by atoms with Crippen molar-refractivity contribution in [2.24, 2.45) is 0 Å². The molecule has 4 rings (SSSR count). The zero-order valence-corrected chi connectivity index (χ0v) is 18.6. The zero-order chi connectivity index (χ0) is 22.2. The number of fused-ring (bicyclic) bond motifs is 1. The fourth-order valence-corrected chi connectivity index (χ4v) is 3.91. The molecule has 2 aliphatic heterocycles. The number of piperazine rings is 1. The Morgan fingerprint density at radius 1 is 0.938 bits per heavy atom. The Kier molecular flexibility index (Phi) is 8.06. The number of nitrogens with zero attached hydrogens (tertiary/aromatic N) is 2. The fourth-order valence-electron chi connectivity index (χ4n) is 3.91. The molecule has 0 unspecified atom stereocenters. The van der Waals surface area contributed by atoms with Gasteiger partial charge in [-0.15, -0.1) is 0 Å². The van der Waals surface area contributed by atoms with Gasteiger partial charge in [0.2, 0.25) is 6.79 Å². The number of hydrogen-bond donors (Lipinski definition) is 1. The van der Waals surface area contributed by atoms with Crippen molar-refractivity contribution in [3.63, 3.8) is 0 Å². The average molecular weight is 445 g/mol. The van der Waals surface area contributed by atoms with E-state index in [2.05, 4.69) is 21.9 Å². The lowest BCUT2D eigenvalue weighted by Crippen LogP contribution is -2.48. The summed E-state index contributed by atoms with van der Waals surface area (Å²) in [6.07, 6.45) is -0.507. The van der Waals surface area contributed by atoms with Crippen molar-refractivity contribution in [2.75, 3.05) is 66.4 Å². The molecule has 174 valence electrons. The van der Waals surface area contributed by atoms with Crippen LogP contribution in [0, 0.1) is 0 Å². The standard InChI is InChI=1S/C24H32N2O6/c1-28-21-3-2-4-22(14-21)30-12-11-29-17-20(27)16-26-9-7-25(8-10-26)15-19-5-6-23-24(13-19)32-18-31-23/h2-6,13-14,20,27H,7-12,15-18H2,1H3/t20-/m1/s1. The van der Waals surface area contributed by atoms with Gasteiger partial charge < -0.3 is 28.8 Å². The molecule has 2 heterocycles. The molecule has 2 aromatic rings. The van der Waals surface area contributed by atoms with Gasteiger partial charge in [-0.25, -0.2) is 0 Å². The molecule has 2 aliphatic rings. The smallest absolute Gasteiger partial charge is 0.231 e. The Balaban J connectivity index is 1.08. The largest absolute Gasteiger partial charge is 0.497 e. The molecule has 8 heteroatoms. The Morgan fingerprint density at radius 3 is 2.56 bits per heavy atom. The Hall–Kier alpha value is -2.52. The van der Waals surface area contributed by atoms with E-state index < -0.39 is 6.10 Å². The van der Waals surface area contributed by atoms with Crippen LogP contribution >= 0.6 is 0 Å². The second kappa shape index (κ2) is 11.4. The van der Waals surface area contributed by atoms with Crippen LogP contribution in [0.3, 0.4) is 0 Å². The number of aliphatic hydroxyl groups is 1. The van der Waals surface area contributed by atoms with Gasteiger partial charge >= 0.3 is 0 Å². The van der Waals surface area contributed by atoms with Crippen molar-refractivity contribution in [3.8, 4) is 23.0 Å².